The van der Waals surface area contributed by atoms with Crippen LogP contribution in [-0.2, 0) is 24.1 Å². The molecule has 1 fully saturated rings. The van der Waals surface area contributed by atoms with Crippen LogP contribution in [0.5, 0.6) is 0 Å². The molecule has 5 rings (SSSR count). The van der Waals surface area contributed by atoms with Gasteiger partial charge in [0.2, 0.25) is 5.91 Å². The Kier molecular flexibility index (Phi) is 10.6. The van der Waals surface area contributed by atoms with Gasteiger partial charge in [-0.15, -0.1) is 11.3 Å². The van der Waals surface area contributed by atoms with Crippen LogP contribution in [0.3, 0.4) is 0 Å². The summed E-state index contributed by atoms with van der Waals surface area (Å²) in [6, 6.07) is 20.9. The van der Waals surface area contributed by atoms with Gasteiger partial charge in [-0.1, -0.05) is 48.5 Å². The van der Waals surface area contributed by atoms with Crippen LogP contribution in [0.1, 0.15) is 69.0 Å². The first-order valence-electron chi connectivity index (χ1n) is 15.2. The number of carbonyl (C=O) groups excluding carboxylic acids is 2. The predicted octanol–water partition coefficient (Wildman–Crippen LogP) is 4.03. The van der Waals surface area contributed by atoms with Crippen LogP contribution in [0.4, 0.5) is 10.1 Å². The molecule has 1 aliphatic rings. The Morgan fingerprint density at radius 3 is 2.22 bits per heavy atom. The number of aromatic nitrogens is 1. The molecule has 1 saturated heterocycles. The zero-order valence-electron chi connectivity index (χ0n) is 25.3. The van der Waals surface area contributed by atoms with Crippen LogP contribution in [0.25, 0.3) is 0 Å². The Hall–Kier alpha value is -4.00. The minimum atomic E-state index is -1.55. The number of thiazole rings is 1. The van der Waals surface area contributed by atoms with Gasteiger partial charge >= 0.3 is 0 Å². The van der Waals surface area contributed by atoms with Crippen molar-refractivity contribution in [2.45, 2.75) is 56.3 Å². The molecule has 242 valence electrons. The maximum Gasteiger partial charge on any atom is 0.268 e. The Bertz CT molecular complexity index is 1620. The topological polar surface area (TPSA) is 157 Å². The number of aliphatic hydroxyl groups is 4. The molecule has 0 saturated carbocycles. The molecule has 0 unspecified atom stereocenters. The lowest BCUT2D eigenvalue weighted by atomic mass is 9.78. The van der Waals surface area contributed by atoms with Gasteiger partial charge in [0, 0.05) is 10.6 Å². The number of hydrogen-bond acceptors (Lipinski definition) is 8. The smallest absolute Gasteiger partial charge is 0.268 e. The van der Waals surface area contributed by atoms with Crippen molar-refractivity contribution < 1.29 is 34.4 Å². The quantitative estimate of drug-likeness (QED) is 0.122. The van der Waals surface area contributed by atoms with Crippen LogP contribution in [0, 0.1) is 11.7 Å². The second-order valence-electron chi connectivity index (χ2n) is 11.8. The lowest BCUT2D eigenvalue weighted by Gasteiger charge is -2.48. The number of aliphatic hydroxyl groups excluding tert-OH is 3. The number of benzene rings is 3. The maximum atomic E-state index is 13.6. The van der Waals surface area contributed by atoms with E-state index in [4.69, 9.17) is 5.73 Å². The fourth-order valence-corrected chi connectivity index (χ4v) is 6.65. The van der Waals surface area contributed by atoms with Crippen molar-refractivity contribution in [3.63, 3.8) is 0 Å². The van der Waals surface area contributed by atoms with Gasteiger partial charge in [0.15, 0.2) is 0 Å². The van der Waals surface area contributed by atoms with E-state index in [9.17, 15) is 34.4 Å². The van der Waals surface area contributed by atoms with E-state index in [-0.39, 0.29) is 30.1 Å². The third-order valence-electron chi connectivity index (χ3n) is 8.74. The number of nitrogens with zero attached hydrogens (tertiary/aromatic N) is 2. The number of amides is 2. The average Bonchev–Trinajstić information content (AvgIpc) is 3.55. The van der Waals surface area contributed by atoms with Gasteiger partial charge in [0.05, 0.1) is 36.8 Å². The van der Waals surface area contributed by atoms with Crippen LogP contribution < -0.4 is 10.6 Å². The first-order chi connectivity index (χ1) is 22.1. The molecular formula is C35H38FN3O6S. The van der Waals surface area contributed by atoms with Gasteiger partial charge in [-0.05, 0) is 85.0 Å². The number of halogens is 1. The van der Waals surface area contributed by atoms with Crippen LogP contribution >= 0.6 is 11.3 Å². The summed E-state index contributed by atoms with van der Waals surface area (Å²) in [5.74, 6) is -1.36. The number of anilines is 1. The van der Waals surface area contributed by atoms with E-state index in [1.165, 1.54) is 23.5 Å². The Balaban J connectivity index is 1.32. The molecule has 3 atom stereocenters. The minimum Gasteiger partial charge on any atom is -0.393 e. The standard InChI is InChI=1S/C35H38FN3O6S/c36-26-10-8-24(9-11-26)29(42)15-14-28-32(25-6-1-23(2-7-25)17-18-35(45,19-40)20-41)39(34(28)44)27-12-3-22(4-13-27)5-16-30-31(33(37)43)38-21-46-30/h1-4,6-13,21,28-29,32,40-42,45H,5,14-20H2,(H2,37,43)/t28-,29+,32-/m1/s1. The normalized spacial score (nSPS) is 17.2. The van der Waals surface area contributed by atoms with Crippen LogP contribution in [0.15, 0.2) is 78.3 Å². The van der Waals surface area contributed by atoms with Crippen molar-refractivity contribution in [2.24, 2.45) is 11.7 Å². The molecule has 11 heteroatoms. The molecule has 6 N–H and O–H groups in total. The molecule has 0 radical (unpaired) electrons. The minimum absolute atomic E-state index is 0.0557. The van der Waals surface area contributed by atoms with Gasteiger partial charge < -0.3 is 31.1 Å². The zero-order valence-corrected chi connectivity index (χ0v) is 26.1. The van der Waals surface area contributed by atoms with Gasteiger partial charge in [0.1, 0.15) is 17.1 Å². The summed E-state index contributed by atoms with van der Waals surface area (Å²) >= 11 is 1.40. The molecule has 4 aromatic rings. The molecule has 0 aliphatic carbocycles. The fraction of sp³-hybridized carbons (Fsp3) is 0.343. The predicted molar refractivity (Wildman–Crippen MR) is 173 cm³/mol. The van der Waals surface area contributed by atoms with Crippen molar-refractivity contribution >= 4 is 28.8 Å². The highest BCUT2D eigenvalue weighted by Gasteiger charge is 2.48. The Morgan fingerprint density at radius 1 is 0.957 bits per heavy atom. The first-order valence-corrected chi connectivity index (χ1v) is 16.1. The Labute approximate surface area is 270 Å². The molecule has 2 amide bonds. The highest BCUT2D eigenvalue weighted by Crippen LogP contribution is 2.46. The van der Waals surface area contributed by atoms with E-state index in [1.54, 1.807) is 22.5 Å². The van der Waals surface area contributed by atoms with E-state index in [0.717, 1.165) is 27.3 Å². The fourth-order valence-electron chi connectivity index (χ4n) is 5.88. The van der Waals surface area contributed by atoms with E-state index in [0.29, 0.717) is 43.4 Å². The molecule has 9 nitrogen and oxygen atoms in total. The van der Waals surface area contributed by atoms with Crippen molar-refractivity contribution in [1.82, 2.24) is 4.98 Å². The molecule has 1 aromatic heterocycles. The number of nitrogens with two attached hydrogens (primary N) is 1. The lowest BCUT2D eigenvalue weighted by Crippen LogP contribution is -2.55. The largest absolute Gasteiger partial charge is 0.393 e. The maximum absolute atomic E-state index is 13.6. The van der Waals surface area contributed by atoms with Gasteiger partial charge in [-0.25, -0.2) is 9.37 Å². The van der Waals surface area contributed by atoms with Gasteiger partial charge in [-0.2, -0.15) is 0 Å². The third-order valence-corrected chi connectivity index (χ3v) is 9.63. The van der Waals surface area contributed by atoms with Gasteiger partial charge in [-0.3, -0.25) is 9.59 Å². The number of carbonyl (C=O) groups is 2. The number of β-lactam (4-membered cyclic amide) rings is 1. The molecule has 0 bridgehead atoms. The summed E-state index contributed by atoms with van der Waals surface area (Å²) < 4.78 is 13.4. The molecular weight excluding hydrogens is 609 g/mol. The van der Waals surface area contributed by atoms with Crippen molar-refractivity contribution in [3.05, 3.63) is 117 Å². The lowest BCUT2D eigenvalue weighted by molar-refractivity contribution is -0.131. The number of rotatable bonds is 15. The van der Waals surface area contributed by atoms with Gasteiger partial charge in [0.25, 0.3) is 5.91 Å². The highest BCUT2D eigenvalue weighted by atomic mass is 32.1. The first kappa shape index (κ1) is 33.4. The number of aryl methyl sites for hydroxylation is 3. The van der Waals surface area contributed by atoms with Crippen LogP contribution in [-0.4, -0.2) is 56.0 Å². The van der Waals surface area contributed by atoms with Crippen molar-refractivity contribution in [2.75, 3.05) is 18.1 Å². The van der Waals surface area contributed by atoms with E-state index in [2.05, 4.69) is 4.98 Å². The zero-order chi connectivity index (χ0) is 32.8. The molecule has 1 aliphatic heterocycles. The number of primary amides is 1. The molecule has 0 spiro atoms. The molecule has 3 aromatic carbocycles. The Morgan fingerprint density at radius 2 is 1.59 bits per heavy atom. The van der Waals surface area contributed by atoms with Crippen LogP contribution in [0.2, 0.25) is 0 Å². The summed E-state index contributed by atoms with van der Waals surface area (Å²) in [7, 11) is 0. The number of hydrogen-bond donors (Lipinski definition) is 5. The van der Waals surface area contributed by atoms with Crippen molar-refractivity contribution in [3.8, 4) is 0 Å². The average molecular weight is 648 g/mol. The highest BCUT2D eigenvalue weighted by molar-refractivity contribution is 7.09. The van der Waals surface area contributed by atoms with E-state index < -0.39 is 30.8 Å². The van der Waals surface area contributed by atoms with E-state index in [1.807, 2.05) is 48.5 Å². The third kappa shape index (κ3) is 7.51. The summed E-state index contributed by atoms with van der Waals surface area (Å²) in [5, 5.41) is 39.8. The van der Waals surface area contributed by atoms with Crippen molar-refractivity contribution in [1.29, 1.82) is 0 Å². The summed E-state index contributed by atoms with van der Waals surface area (Å²) in [5.41, 5.74) is 9.98. The molecule has 46 heavy (non-hydrogen) atoms. The molecule has 2 heterocycles. The van der Waals surface area contributed by atoms with E-state index >= 15 is 0 Å². The summed E-state index contributed by atoms with van der Waals surface area (Å²) in [6.07, 6.45) is 1.85. The monoisotopic (exact) mass is 647 g/mol. The SMILES string of the molecule is NC(=O)c1ncsc1CCc1ccc(N2C(=O)[C@H](CC[C@H](O)c3ccc(F)cc3)[C@H]2c2ccc(CCC(O)(CO)CO)cc2)cc1. The summed E-state index contributed by atoms with van der Waals surface area (Å²) in [6.45, 7) is -1.07. The second-order valence-corrected chi connectivity index (χ2v) is 12.8. The summed E-state index contributed by atoms with van der Waals surface area (Å²) in [4.78, 5) is 31.9. The second kappa shape index (κ2) is 14.6.